The summed E-state index contributed by atoms with van der Waals surface area (Å²) in [6.45, 7) is 0. The fourth-order valence-electron chi connectivity index (χ4n) is 1.95. The molecule has 5 nitrogen and oxygen atoms in total. The highest BCUT2D eigenvalue weighted by Gasteiger charge is 2.12. The van der Waals surface area contributed by atoms with Crippen molar-refractivity contribution in [2.24, 2.45) is 5.73 Å². The summed E-state index contributed by atoms with van der Waals surface area (Å²) in [6, 6.07) is 12.5. The summed E-state index contributed by atoms with van der Waals surface area (Å²) in [5.74, 6) is -0.0224. The zero-order valence-electron chi connectivity index (χ0n) is 11.5. The van der Waals surface area contributed by atoms with E-state index in [4.69, 9.17) is 11.1 Å². The van der Waals surface area contributed by atoms with Crippen LogP contribution in [0.3, 0.4) is 0 Å². The third-order valence-corrected chi connectivity index (χ3v) is 4.63. The lowest BCUT2D eigenvalue weighted by Gasteiger charge is -2.06. The Bertz CT molecular complexity index is 728. The maximum absolute atomic E-state index is 12.1. The fourth-order valence-corrected chi connectivity index (χ4v) is 3.34. The number of nitrogens with zero attached hydrogens (tertiary/aromatic N) is 1. The van der Waals surface area contributed by atoms with Gasteiger partial charge < -0.3 is 5.73 Å². The van der Waals surface area contributed by atoms with E-state index in [1.165, 1.54) is 6.20 Å². The van der Waals surface area contributed by atoms with Gasteiger partial charge in [-0.15, -0.1) is 0 Å². The van der Waals surface area contributed by atoms with E-state index < -0.39 is 9.84 Å². The zero-order chi connectivity index (χ0) is 15.3. The molecule has 0 aliphatic rings. The van der Waals surface area contributed by atoms with Crippen molar-refractivity contribution < 1.29 is 8.42 Å². The van der Waals surface area contributed by atoms with Crippen LogP contribution in [0, 0.1) is 5.41 Å². The number of sulfone groups is 1. The summed E-state index contributed by atoms with van der Waals surface area (Å²) in [6.07, 6.45) is 1.92. The van der Waals surface area contributed by atoms with Crippen molar-refractivity contribution in [1.82, 2.24) is 4.98 Å². The fraction of sp³-hybridized carbons (Fsp3) is 0.200. The quantitative estimate of drug-likeness (QED) is 0.624. The molecule has 0 amide bonds. The van der Waals surface area contributed by atoms with Gasteiger partial charge in [0.2, 0.25) is 0 Å². The molecule has 0 saturated carbocycles. The number of pyridine rings is 1. The van der Waals surface area contributed by atoms with E-state index in [-0.39, 0.29) is 17.3 Å². The average molecular weight is 303 g/mol. The summed E-state index contributed by atoms with van der Waals surface area (Å²) in [7, 11) is -3.17. The van der Waals surface area contributed by atoms with Crippen molar-refractivity contribution in [3.63, 3.8) is 0 Å². The number of aryl methyl sites for hydroxylation is 1. The Hall–Kier alpha value is -2.21. The van der Waals surface area contributed by atoms with Crippen LogP contribution in [0.2, 0.25) is 0 Å². The highest BCUT2D eigenvalue weighted by atomic mass is 32.2. The van der Waals surface area contributed by atoms with Gasteiger partial charge in [-0.25, -0.2) is 8.42 Å². The molecule has 0 bridgehead atoms. The summed E-state index contributed by atoms with van der Waals surface area (Å²) >= 11 is 0. The van der Waals surface area contributed by atoms with E-state index in [0.717, 1.165) is 11.1 Å². The molecular formula is C15H17N3O2S. The predicted molar refractivity (Wildman–Crippen MR) is 82.9 cm³/mol. The van der Waals surface area contributed by atoms with E-state index in [9.17, 15) is 8.42 Å². The van der Waals surface area contributed by atoms with Gasteiger partial charge in [0, 0.05) is 6.20 Å². The van der Waals surface area contributed by atoms with Gasteiger partial charge >= 0.3 is 0 Å². The first kappa shape index (κ1) is 15.2. The van der Waals surface area contributed by atoms with Crippen LogP contribution in [-0.4, -0.2) is 25.0 Å². The molecule has 110 valence electrons. The van der Waals surface area contributed by atoms with Crippen LogP contribution in [0.4, 0.5) is 0 Å². The Morgan fingerprint density at radius 2 is 1.86 bits per heavy atom. The van der Waals surface area contributed by atoms with Crippen LogP contribution in [0.25, 0.3) is 0 Å². The predicted octanol–water partition coefficient (Wildman–Crippen LogP) is 1.52. The van der Waals surface area contributed by atoms with Crippen molar-refractivity contribution in [3.05, 3.63) is 65.5 Å². The zero-order valence-corrected chi connectivity index (χ0v) is 12.3. The van der Waals surface area contributed by atoms with Crippen molar-refractivity contribution in [3.8, 4) is 0 Å². The standard InChI is InChI=1S/C15H17N3O2S/c16-15(17)14-10-12(6-8-18-14)7-9-21(19,20)11-13-4-2-1-3-5-13/h1-6,8,10H,7,9,11H2,(H3,16,17). The second kappa shape index (κ2) is 6.49. The second-order valence-electron chi connectivity index (χ2n) is 4.79. The number of rotatable bonds is 6. The minimum absolute atomic E-state index is 0.0402. The first-order valence-corrected chi connectivity index (χ1v) is 8.32. The number of hydrogen-bond acceptors (Lipinski definition) is 4. The average Bonchev–Trinajstić information content (AvgIpc) is 2.46. The molecule has 1 aromatic heterocycles. The molecular weight excluding hydrogens is 286 g/mol. The Labute approximate surface area is 124 Å². The van der Waals surface area contributed by atoms with Crippen molar-refractivity contribution in [2.45, 2.75) is 12.2 Å². The molecule has 3 N–H and O–H groups in total. The topological polar surface area (TPSA) is 96.9 Å². The first-order chi connectivity index (χ1) is 9.96. The molecule has 21 heavy (non-hydrogen) atoms. The van der Waals surface area contributed by atoms with E-state index in [2.05, 4.69) is 4.98 Å². The monoisotopic (exact) mass is 303 g/mol. The highest BCUT2D eigenvalue weighted by Crippen LogP contribution is 2.09. The van der Waals surface area contributed by atoms with Crippen LogP contribution >= 0.6 is 0 Å². The smallest absolute Gasteiger partial charge is 0.154 e. The number of benzene rings is 1. The Balaban J connectivity index is 2.02. The van der Waals surface area contributed by atoms with E-state index in [1.54, 1.807) is 24.3 Å². The molecule has 0 aliphatic heterocycles. The molecule has 0 unspecified atom stereocenters. The minimum Gasteiger partial charge on any atom is -0.382 e. The Kier molecular flexibility index (Phi) is 4.70. The van der Waals surface area contributed by atoms with Crippen LogP contribution in [0.15, 0.2) is 48.7 Å². The van der Waals surface area contributed by atoms with E-state index in [1.807, 2.05) is 18.2 Å². The van der Waals surface area contributed by atoms with Crippen molar-refractivity contribution >= 4 is 15.7 Å². The Morgan fingerprint density at radius 3 is 2.52 bits per heavy atom. The van der Waals surface area contributed by atoms with Crippen LogP contribution in [0.1, 0.15) is 16.8 Å². The van der Waals surface area contributed by atoms with Gasteiger partial charge in [-0.3, -0.25) is 10.4 Å². The third-order valence-electron chi connectivity index (χ3n) is 3.03. The van der Waals surface area contributed by atoms with Gasteiger partial charge in [0.05, 0.1) is 11.5 Å². The molecule has 1 heterocycles. The van der Waals surface area contributed by atoms with E-state index >= 15 is 0 Å². The van der Waals surface area contributed by atoms with Gasteiger partial charge in [0.25, 0.3) is 0 Å². The number of nitrogen functional groups attached to an aromatic ring is 1. The number of aromatic nitrogens is 1. The number of hydrogen-bond donors (Lipinski definition) is 2. The maximum atomic E-state index is 12.1. The summed E-state index contributed by atoms with van der Waals surface area (Å²) in [4.78, 5) is 3.95. The largest absolute Gasteiger partial charge is 0.382 e. The third kappa shape index (κ3) is 4.68. The van der Waals surface area contributed by atoms with Crippen LogP contribution < -0.4 is 5.73 Å². The molecule has 1 aromatic carbocycles. The lowest BCUT2D eigenvalue weighted by molar-refractivity contribution is 0.594. The van der Waals surface area contributed by atoms with Gasteiger partial charge in [-0.2, -0.15) is 0 Å². The SMILES string of the molecule is N=C(N)c1cc(CCS(=O)(=O)Cc2ccccc2)ccn1. The lowest BCUT2D eigenvalue weighted by Crippen LogP contribution is -2.15. The molecule has 0 spiro atoms. The number of nitrogens with two attached hydrogens (primary N) is 1. The summed E-state index contributed by atoms with van der Waals surface area (Å²) in [5, 5.41) is 7.33. The van der Waals surface area contributed by atoms with Crippen molar-refractivity contribution in [1.29, 1.82) is 5.41 Å². The molecule has 6 heteroatoms. The Morgan fingerprint density at radius 1 is 1.14 bits per heavy atom. The maximum Gasteiger partial charge on any atom is 0.154 e. The normalized spacial score (nSPS) is 11.2. The molecule has 0 atom stereocenters. The molecule has 2 rings (SSSR count). The van der Waals surface area contributed by atoms with Gasteiger partial charge in [0.15, 0.2) is 9.84 Å². The summed E-state index contributed by atoms with van der Waals surface area (Å²) < 4.78 is 24.2. The van der Waals surface area contributed by atoms with Crippen LogP contribution in [0.5, 0.6) is 0 Å². The highest BCUT2D eigenvalue weighted by molar-refractivity contribution is 7.90. The van der Waals surface area contributed by atoms with Gasteiger partial charge in [0.1, 0.15) is 11.5 Å². The number of nitrogens with one attached hydrogen (secondary N) is 1. The first-order valence-electron chi connectivity index (χ1n) is 6.50. The molecule has 0 saturated heterocycles. The van der Waals surface area contributed by atoms with Gasteiger partial charge in [-0.05, 0) is 29.7 Å². The molecule has 0 radical (unpaired) electrons. The van der Waals surface area contributed by atoms with E-state index in [0.29, 0.717) is 12.1 Å². The second-order valence-corrected chi connectivity index (χ2v) is 6.97. The van der Waals surface area contributed by atoms with Gasteiger partial charge in [-0.1, -0.05) is 30.3 Å². The molecule has 0 fully saturated rings. The minimum atomic E-state index is -3.17. The number of amidine groups is 1. The summed E-state index contributed by atoms with van der Waals surface area (Å²) in [5.41, 5.74) is 7.34. The van der Waals surface area contributed by atoms with Crippen LogP contribution in [-0.2, 0) is 22.0 Å². The van der Waals surface area contributed by atoms with Crippen molar-refractivity contribution in [2.75, 3.05) is 5.75 Å². The molecule has 2 aromatic rings. The molecule has 0 aliphatic carbocycles. The lowest BCUT2D eigenvalue weighted by atomic mass is 10.2.